The van der Waals surface area contributed by atoms with Gasteiger partial charge >= 0.3 is 0 Å². The van der Waals surface area contributed by atoms with E-state index in [0.717, 1.165) is 16.0 Å². The zero-order chi connectivity index (χ0) is 14.8. The van der Waals surface area contributed by atoms with Crippen molar-refractivity contribution in [2.45, 2.75) is 13.5 Å². The highest BCUT2D eigenvalue weighted by molar-refractivity contribution is 9.10. The molecule has 0 aliphatic heterocycles. The largest absolute Gasteiger partial charge is 0.363 e. The SMILES string of the molecule is Cc1cc(Br)cc(NCc2nc3ccccc3c(=O)[nH]2)n1. The van der Waals surface area contributed by atoms with E-state index in [-0.39, 0.29) is 5.56 Å². The summed E-state index contributed by atoms with van der Waals surface area (Å²) >= 11 is 3.43. The van der Waals surface area contributed by atoms with Gasteiger partial charge in [0.25, 0.3) is 5.56 Å². The molecule has 5 nitrogen and oxygen atoms in total. The average molecular weight is 345 g/mol. The predicted molar refractivity (Wildman–Crippen MR) is 86.4 cm³/mol. The van der Waals surface area contributed by atoms with E-state index in [1.165, 1.54) is 0 Å². The van der Waals surface area contributed by atoms with E-state index in [0.29, 0.717) is 23.3 Å². The number of anilines is 1. The maximum atomic E-state index is 12.0. The van der Waals surface area contributed by atoms with E-state index in [9.17, 15) is 4.79 Å². The summed E-state index contributed by atoms with van der Waals surface area (Å²) in [6, 6.07) is 11.1. The Morgan fingerprint density at radius 3 is 2.86 bits per heavy atom. The standard InChI is InChI=1S/C15H13BrN4O/c1-9-6-10(16)7-13(18-9)17-8-14-19-12-5-3-2-4-11(12)15(21)20-14/h2-7H,8H2,1H3,(H,17,18)(H,19,20,21). The quantitative estimate of drug-likeness (QED) is 0.766. The van der Waals surface area contributed by atoms with Crippen LogP contribution >= 0.6 is 15.9 Å². The highest BCUT2D eigenvalue weighted by Gasteiger charge is 2.04. The molecule has 0 atom stereocenters. The predicted octanol–water partition coefficient (Wildman–Crippen LogP) is 3.00. The second kappa shape index (κ2) is 5.65. The van der Waals surface area contributed by atoms with Gasteiger partial charge in [-0.3, -0.25) is 4.79 Å². The van der Waals surface area contributed by atoms with Crippen molar-refractivity contribution < 1.29 is 0 Å². The van der Waals surface area contributed by atoms with Crippen molar-refractivity contribution in [3.63, 3.8) is 0 Å². The molecule has 0 fully saturated rings. The second-order valence-electron chi connectivity index (χ2n) is 4.70. The fourth-order valence-corrected chi connectivity index (χ4v) is 2.66. The van der Waals surface area contributed by atoms with Crippen LogP contribution in [0.2, 0.25) is 0 Å². The van der Waals surface area contributed by atoms with E-state index in [1.807, 2.05) is 37.3 Å². The zero-order valence-electron chi connectivity index (χ0n) is 11.4. The molecule has 3 rings (SSSR count). The molecule has 0 aliphatic rings. The van der Waals surface area contributed by atoms with Crippen molar-refractivity contribution in [3.05, 3.63) is 62.7 Å². The molecule has 0 aliphatic carbocycles. The molecule has 2 N–H and O–H groups in total. The van der Waals surface area contributed by atoms with Crippen LogP contribution in [0.3, 0.4) is 0 Å². The minimum absolute atomic E-state index is 0.129. The molecule has 106 valence electrons. The van der Waals surface area contributed by atoms with Gasteiger partial charge in [-0.15, -0.1) is 0 Å². The van der Waals surface area contributed by atoms with Gasteiger partial charge in [0.2, 0.25) is 0 Å². The summed E-state index contributed by atoms with van der Waals surface area (Å²) in [4.78, 5) is 23.6. The molecule has 3 aromatic rings. The fraction of sp³-hybridized carbons (Fsp3) is 0.133. The molecule has 0 bridgehead atoms. The van der Waals surface area contributed by atoms with Crippen LogP contribution in [0, 0.1) is 6.92 Å². The highest BCUT2D eigenvalue weighted by atomic mass is 79.9. The van der Waals surface area contributed by atoms with Gasteiger partial charge < -0.3 is 10.3 Å². The number of aromatic amines is 1. The molecule has 21 heavy (non-hydrogen) atoms. The highest BCUT2D eigenvalue weighted by Crippen LogP contribution is 2.16. The normalized spacial score (nSPS) is 10.8. The van der Waals surface area contributed by atoms with Crippen LogP contribution < -0.4 is 10.9 Å². The minimum atomic E-state index is -0.129. The molecular formula is C15H13BrN4O. The molecule has 0 radical (unpaired) electrons. The number of rotatable bonds is 3. The Balaban J connectivity index is 1.86. The number of hydrogen-bond acceptors (Lipinski definition) is 4. The topological polar surface area (TPSA) is 70.7 Å². The second-order valence-corrected chi connectivity index (χ2v) is 5.61. The Bertz CT molecular complexity index is 839. The molecule has 0 unspecified atom stereocenters. The number of aromatic nitrogens is 3. The van der Waals surface area contributed by atoms with Crippen molar-refractivity contribution in [2.75, 3.05) is 5.32 Å². The number of fused-ring (bicyclic) bond motifs is 1. The van der Waals surface area contributed by atoms with Gasteiger partial charge in [0, 0.05) is 10.2 Å². The first-order valence-corrected chi connectivity index (χ1v) is 7.27. The third kappa shape index (κ3) is 3.11. The number of aryl methyl sites for hydroxylation is 1. The number of benzene rings is 1. The van der Waals surface area contributed by atoms with Crippen molar-refractivity contribution in [2.24, 2.45) is 0 Å². The Hall–Kier alpha value is -2.21. The third-order valence-electron chi connectivity index (χ3n) is 3.02. The van der Waals surface area contributed by atoms with Gasteiger partial charge in [-0.1, -0.05) is 28.1 Å². The Morgan fingerprint density at radius 1 is 1.24 bits per heavy atom. The summed E-state index contributed by atoms with van der Waals surface area (Å²) in [7, 11) is 0. The van der Waals surface area contributed by atoms with Crippen LogP contribution in [-0.4, -0.2) is 15.0 Å². The number of para-hydroxylation sites is 1. The number of nitrogens with zero attached hydrogens (tertiary/aromatic N) is 2. The first-order chi connectivity index (χ1) is 10.1. The Morgan fingerprint density at radius 2 is 2.05 bits per heavy atom. The van der Waals surface area contributed by atoms with E-state index in [2.05, 4.69) is 36.2 Å². The molecule has 0 amide bonds. The molecule has 0 saturated carbocycles. The maximum absolute atomic E-state index is 12.0. The summed E-state index contributed by atoms with van der Waals surface area (Å²) in [6.45, 7) is 2.33. The summed E-state index contributed by atoms with van der Waals surface area (Å²) in [5, 5.41) is 3.76. The van der Waals surface area contributed by atoms with Gasteiger partial charge in [-0.2, -0.15) is 0 Å². The smallest absolute Gasteiger partial charge is 0.258 e. The lowest BCUT2D eigenvalue weighted by atomic mass is 10.2. The first kappa shape index (κ1) is 13.8. The lowest BCUT2D eigenvalue weighted by molar-refractivity contribution is 0.943. The van der Waals surface area contributed by atoms with Crippen LogP contribution in [0.25, 0.3) is 10.9 Å². The monoisotopic (exact) mass is 344 g/mol. The van der Waals surface area contributed by atoms with Crippen LogP contribution in [0.15, 0.2) is 45.7 Å². The molecular weight excluding hydrogens is 332 g/mol. The van der Waals surface area contributed by atoms with Crippen LogP contribution in [0.1, 0.15) is 11.5 Å². The van der Waals surface area contributed by atoms with Crippen molar-refractivity contribution in [1.82, 2.24) is 15.0 Å². The summed E-state index contributed by atoms with van der Waals surface area (Å²) < 4.78 is 0.956. The van der Waals surface area contributed by atoms with Crippen molar-refractivity contribution in [1.29, 1.82) is 0 Å². The maximum Gasteiger partial charge on any atom is 0.258 e. The number of halogens is 1. The van der Waals surface area contributed by atoms with E-state index in [4.69, 9.17) is 0 Å². The summed E-state index contributed by atoms with van der Waals surface area (Å²) in [5.74, 6) is 1.32. The zero-order valence-corrected chi connectivity index (χ0v) is 12.9. The van der Waals surface area contributed by atoms with E-state index < -0.39 is 0 Å². The number of pyridine rings is 1. The average Bonchev–Trinajstić information content (AvgIpc) is 2.44. The lowest BCUT2D eigenvalue weighted by Crippen LogP contribution is -2.14. The lowest BCUT2D eigenvalue weighted by Gasteiger charge is -2.07. The van der Waals surface area contributed by atoms with E-state index >= 15 is 0 Å². The summed E-state index contributed by atoms with van der Waals surface area (Å²) in [6.07, 6.45) is 0. The Labute approximate surface area is 129 Å². The van der Waals surface area contributed by atoms with Gasteiger partial charge in [-0.25, -0.2) is 9.97 Å². The van der Waals surface area contributed by atoms with Gasteiger partial charge in [-0.05, 0) is 31.2 Å². The summed E-state index contributed by atoms with van der Waals surface area (Å²) in [5.41, 5.74) is 1.47. The van der Waals surface area contributed by atoms with Crippen molar-refractivity contribution in [3.8, 4) is 0 Å². The number of nitrogens with one attached hydrogen (secondary N) is 2. The van der Waals surface area contributed by atoms with Gasteiger partial charge in [0.1, 0.15) is 11.6 Å². The van der Waals surface area contributed by atoms with Gasteiger partial charge in [0.15, 0.2) is 0 Å². The van der Waals surface area contributed by atoms with Crippen molar-refractivity contribution >= 4 is 32.7 Å². The van der Waals surface area contributed by atoms with E-state index in [1.54, 1.807) is 6.07 Å². The molecule has 2 aromatic heterocycles. The minimum Gasteiger partial charge on any atom is -0.363 e. The van der Waals surface area contributed by atoms with Crippen LogP contribution in [0.5, 0.6) is 0 Å². The third-order valence-corrected chi connectivity index (χ3v) is 3.47. The molecule has 0 spiro atoms. The van der Waals surface area contributed by atoms with Gasteiger partial charge in [0.05, 0.1) is 17.4 Å². The first-order valence-electron chi connectivity index (χ1n) is 6.48. The molecule has 2 heterocycles. The van der Waals surface area contributed by atoms with Crippen LogP contribution in [0.4, 0.5) is 5.82 Å². The fourth-order valence-electron chi connectivity index (χ4n) is 2.11. The Kier molecular flexibility index (Phi) is 3.70. The van der Waals surface area contributed by atoms with Crippen LogP contribution in [-0.2, 0) is 6.54 Å². The number of H-pyrrole nitrogens is 1. The molecule has 1 aromatic carbocycles. The molecule has 6 heteroatoms. The molecule has 0 saturated heterocycles. The number of hydrogen-bond donors (Lipinski definition) is 2.